The number of aryl methyl sites for hydroxylation is 1. The molecule has 0 saturated carbocycles. The maximum Gasteiger partial charge on any atom is 0.256 e. The van der Waals surface area contributed by atoms with E-state index in [9.17, 15) is 9.90 Å². The standard InChI is InChI=1S/C19H28N4O2/c1-13-9-14-11-20-21-17(14)15(10-13)18(25)23-7-5-22(6-8-23)12-16(24)19(2,3)4/h9-11,16,24H,5-8,12H2,1-4H3,(H,20,21). The second kappa shape index (κ2) is 6.77. The molecule has 1 aliphatic rings. The number of β-amino-alcohol motifs (C(OH)–C–C–N with tert-alkyl or cyclic N) is 1. The molecule has 1 amide bonds. The third-order valence-electron chi connectivity index (χ3n) is 5.01. The van der Waals surface area contributed by atoms with E-state index >= 15 is 0 Å². The van der Waals surface area contributed by atoms with Gasteiger partial charge in [-0.2, -0.15) is 5.10 Å². The highest BCUT2D eigenvalue weighted by atomic mass is 16.3. The lowest BCUT2D eigenvalue weighted by Gasteiger charge is -2.38. The smallest absolute Gasteiger partial charge is 0.256 e. The molecule has 0 aliphatic carbocycles. The molecule has 25 heavy (non-hydrogen) atoms. The van der Waals surface area contributed by atoms with Crippen LogP contribution in [0, 0.1) is 12.3 Å². The molecule has 2 heterocycles. The Morgan fingerprint density at radius 2 is 1.96 bits per heavy atom. The van der Waals surface area contributed by atoms with Gasteiger partial charge in [-0.25, -0.2) is 0 Å². The van der Waals surface area contributed by atoms with Gasteiger partial charge in [-0.1, -0.05) is 20.8 Å². The zero-order chi connectivity index (χ0) is 18.2. The summed E-state index contributed by atoms with van der Waals surface area (Å²) in [6, 6.07) is 3.96. The lowest BCUT2D eigenvalue weighted by Crippen LogP contribution is -2.51. The van der Waals surface area contributed by atoms with Crippen molar-refractivity contribution in [2.45, 2.75) is 33.8 Å². The number of aromatic nitrogens is 2. The SMILES string of the molecule is Cc1cc(C(=O)N2CCN(CC(O)C(C)(C)C)CC2)c2[nH]ncc2c1. The number of fused-ring (bicyclic) bond motifs is 1. The minimum atomic E-state index is -0.365. The Labute approximate surface area is 148 Å². The van der Waals surface area contributed by atoms with Gasteiger partial charge in [0.05, 0.1) is 23.4 Å². The molecule has 1 aromatic heterocycles. The Balaban J connectivity index is 1.66. The Hall–Kier alpha value is -1.92. The van der Waals surface area contributed by atoms with Crippen LogP contribution in [0.1, 0.15) is 36.7 Å². The summed E-state index contributed by atoms with van der Waals surface area (Å²) in [5.41, 5.74) is 2.43. The Kier molecular flexibility index (Phi) is 4.84. The van der Waals surface area contributed by atoms with Crippen LogP contribution in [0.15, 0.2) is 18.3 Å². The highest BCUT2D eigenvalue weighted by Crippen LogP contribution is 2.22. The number of nitrogens with one attached hydrogen (secondary N) is 1. The van der Waals surface area contributed by atoms with Gasteiger partial charge in [0.25, 0.3) is 5.91 Å². The molecule has 0 bridgehead atoms. The summed E-state index contributed by atoms with van der Waals surface area (Å²) in [5, 5.41) is 18.3. The second-order valence-electron chi connectivity index (χ2n) is 8.12. The van der Waals surface area contributed by atoms with Crippen LogP contribution >= 0.6 is 0 Å². The average molecular weight is 344 g/mol. The molecule has 1 unspecified atom stereocenters. The number of amides is 1. The third kappa shape index (κ3) is 3.85. The molecule has 1 saturated heterocycles. The number of rotatable bonds is 3. The normalized spacial score (nSPS) is 17.9. The average Bonchev–Trinajstić information content (AvgIpc) is 3.01. The summed E-state index contributed by atoms with van der Waals surface area (Å²) < 4.78 is 0. The molecule has 1 aromatic carbocycles. The number of hydrogen-bond acceptors (Lipinski definition) is 4. The van der Waals surface area contributed by atoms with E-state index in [0.29, 0.717) is 25.2 Å². The van der Waals surface area contributed by atoms with Crippen LogP contribution < -0.4 is 0 Å². The molecular formula is C19H28N4O2. The maximum absolute atomic E-state index is 13.0. The van der Waals surface area contributed by atoms with E-state index < -0.39 is 0 Å². The molecule has 3 rings (SSSR count). The van der Waals surface area contributed by atoms with Crippen molar-refractivity contribution in [2.75, 3.05) is 32.7 Å². The molecule has 2 aromatic rings. The van der Waals surface area contributed by atoms with Crippen LogP contribution in [0.3, 0.4) is 0 Å². The third-order valence-corrected chi connectivity index (χ3v) is 5.01. The summed E-state index contributed by atoms with van der Waals surface area (Å²) >= 11 is 0. The first-order valence-corrected chi connectivity index (χ1v) is 8.89. The van der Waals surface area contributed by atoms with Gasteiger partial charge in [-0.05, 0) is 30.0 Å². The number of hydrogen-bond donors (Lipinski definition) is 2. The van der Waals surface area contributed by atoms with Crippen molar-refractivity contribution in [1.29, 1.82) is 0 Å². The fraction of sp³-hybridized carbons (Fsp3) is 0.579. The van der Waals surface area contributed by atoms with Crippen molar-refractivity contribution in [1.82, 2.24) is 20.0 Å². The molecule has 0 radical (unpaired) electrons. The van der Waals surface area contributed by atoms with E-state index in [1.54, 1.807) is 6.20 Å². The van der Waals surface area contributed by atoms with Crippen molar-refractivity contribution in [3.8, 4) is 0 Å². The molecule has 136 valence electrons. The molecule has 6 nitrogen and oxygen atoms in total. The topological polar surface area (TPSA) is 72.5 Å². The van der Waals surface area contributed by atoms with E-state index in [4.69, 9.17) is 0 Å². The van der Waals surface area contributed by atoms with Crippen molar-refractivity contribution < 1.29 is 9.90 Å². The number of aliphatic hydroxyl groups is 1. The highest BCUT2D eigenvalue weighted by Gasteiger charge is 2.28. The Bertz CT molecular complexity index is 754. The zero-order valence-electron chi connectivity index (χ0n) is 15.5. The summed E-state index contributed by atoms with van der Waals surface area (Å²) in [7, 11) is 0. The number of benzene rings is 1. The first kappa shape index (κ1) is 17.9. The lowest BCUT2D eigenvalue weighted by atomic mass is 9.89. The van der Waals surface area contributed by atoms with Gasteiger partial charge in [0.1, 0.15) is 0 Å². The number of H-pyrrole nitrogens is 1. The minimum Gasteiger partial charge on any atom is -0.391 e. The lowest BCUT2D eigenvalue weighted by molar-refractivity contribution is 0.0137. The van der Waals surface area contributed by atoms with Gasteiger partial charge in [0.2, 0.25) is 0 Å². The predicted molar refractivity (Wildman–Crippen MR) is 98.6 cm³/mol. The predicted octanol–water partition coefficient (Wildman–Crippen LogP) is 2.04. The van der Waals surface area contributed by atoms with Crippen molar-refractivity contribution in [2.24, 2.45) is 5.41 Å². The largest absolute Gasteiger partial charge is 0.391 e. The van der Waals surface area contributed by atoms with Crippen LogP contribution in [-0.4, -0.2) is 69.8 Å². The van der Waals surface area contributed by atoms with Gasteiger partial charge in [-0.15, -0.1) is 0 Å². The number of carbonyl (C=O) groups is 1. The highest BCUT2D eigenvalue weighted by molar-refractivity contribution is 6.05. The van der Waals surface area contributed by atoms with Gasteiger partial charge in [0, 0.05) is 38.1 Å². The van der Waals surface area contributed by atoms with Crippen molar-refractivity contribution in [3.05, 3.63) is 29.5 Å². The molecule has 1 atom stereocenters. The zero-order valence-corrected chi connectivity index (χ0v) is 15.5. The van der Waals surface area contributed by atoms with Crippen molar-refractivity contribution >= 4 is 16.8 Å². The molecule has 1 aliphatic heterocycles. The van der Waals surface area contributed by atoms with Crippen LogP contribution in [0.4, 0.5) is 0 Å². The Morgan fingerprint density at radius 3 is 2.60 bits per heavy atom. The van der Waals surface area contributed by atoms with E-state index in [1.165, 1.54) is 0 Å². The number of carbonyl (C=O) groups excluding carboxylic acids is 1. The van der Waals surface area contributed by atoms with E-state index in [0.717, 1.165) is 29.6 Å². The summed E-state index contributed by atoms with van der Waals surface area (Å²) in [5.74, 6) is 0.0500. The van der Waals surface area contributed by atoms with E-state index in [2.05, 4.69) is 15.1 Å². The van der Waals surface area contributed by atoms with Gasteiger partial charge in [-0.3, -0.25) is 14.8 Å². The maximum atomic E-state index is 13.0. The second-order valence-corrected chi connectivity index (χ2v) is 8.12. The number of aliphatic hydroxyl groups excluding tert-OH is 1. The van der Waals surface area contributed by atoms with Gasteiger partial charge >= 0.3 is 0 Å². The van der Waals surface area contributed by atoms with E-state index in [1.807, 2.05) is 44.7 Å². The molecule has 6 heteroatoms. The Morgan fingerprint density at radius 1 is 1.28 bits per heavy atom. The fourth-order valence-electron chi connectivity index (χ4n) is 3.20. The first-order chi connectivity index (χ1) is 11.8. The summed E-state index contributed by atoms with van der Waals surface area (Å²) in [6.07, 6.45) is 1.39. The number of aromatic amines is 1. The molecular weight excluding hydrogens is 316 g/mol. The number of nitrogens with zero attached hydrogens (tertiary/aromatic N) is 3. The minimum absolute atomic E-state index is 0.0500. The van der Waals surface area contributed by atoms with Crippen LogP contribution in [0.5, 0.6) is 0 Å². The van der Waals surface area contributed by atoms with Crippen molar-refractivity contribution in [3.63, 3.8) is 0 Å². The van der Waals surface area contributed by atoms with Crippen LogP contribution in [-0.2, 0) is 0 Å². The quantitative estimate of drug-likeness (QED) is 0.894. The summed E-state index contributed by atoms with van der Waals surface area (Å²) in [4.78, 5) is 17.1. The van der Waals surface area contributed by atoms with Crippen LogP contribution in [0.25, 0.3) is 10.9 Å². The molecule has 0 spiro atoms. The van der Waals surface area contributed by atoms with Crippen LogP contribution in [0.2, 0.25) is 0 Å². The van der Waals surface area contributed by atoms with E-state index in [-0.39, 0.29) is 17.4 Å². The summed E-state index contributed by atoms with van der Waals surface area (Å²) in [6.45, 7) is 11.7. The first-order valence-electron chi connectivity index (χ1n) is 8.89. The fourth-order valence-corrected chi connectivity index (χ4v) is 3.20. The van der Waals surface area contributed by atoms with Gasteiger partial charge in [0.15, 0.2) is 0 Å². The monoisotopic (exact) mass is 344 g/mol. The number of piperazine rings is 1. The van der Waals surface area contributed by atoms with Gasteiger partial charge < -0.3 is 10.0 Å². The molecule has 1 fully saturated rings. The molecule has 2 N–H and O–H groups in total.